The van der Waals surface area contributed by atoms with Gasteiger partial charge in [0, 0.05) is 41.8 Å². The molecule has 3 aromatic rings. The summed E-state index contributed by atoms with van der Waals surface area (Å²) in [6.45, 7) is 0.808. The number of ketones is 1. The summed E-state index contributed by atoms with van der Waals surface area (Å²) >= 11 is 1.12. The van der Waals surface area contributed by atoms with Crippen LogP contribution in [0, 0.1) is 0 Å². The summed E-state index contributed by atoms with van der Waals surface area (Å²) in [6, 6.07) is 12.1. The molecule has 0 bridgehead atoms. The van der Waals surface area contributed by atoms with Gasteiger partial charge < -0.3 is 10.5 Å². The van der Waals surface area contributed by atoms with E-state index in [1.54, 1.807) is 24.3 Å². The fraction of sp³-hybridized carbons (Fsp3) is 0.292. The van der Waals surface area contributed by atoms with E-state index in [-0.39, 0.29) is 5.69 Å². The molecule has 4 rings (SSSR count). The third-order valence-electron chi connectivity index (χ3n) is 6.03. The number of amides is 1. The highest BCUT2D eigenvalue weighted by atomic mass is 32.2. The lowest BCUT2D eigenvalue weighted by molar-refractivity contribution is -0.138. The molecule has 2 aromatic carbocycles. The Morgan fingerprint density at radius 1 is 1.09 bits per heavy atom. The molecule has 1 saturated heterocycles. The van der Waals surface area contributed by atoms with Gasteiger partial charge in [-0.15, -0.1) is 0 Å². The molecule has 1 aliphatic heterocycles. The van der Waals surface area contributed by atoms with Gasteiger partial charge in [0.25, 0.3) is 0 Å². The van der Waals surface area contributed by atoms with E-state index in [2.05, 4.69) is 5.10 Å². The normalized spacial score (nSPS) is 15.8. The first-order valence-corrected chi connectivity index (χ1v) is 11.3. The summed E-state index contributed by atoms with van der Waals surface area (Å²) in [6.07, 6.45) is -2.48. The number of aromatic nitrogens is 2. The highest BCUT2D eigenvalue weighted by molar-refractivity contribution is 7.99. The van der Waals surface area contributed by atoms with Crippen LogP contribution in [0.5, 0.6) is 0 Å². The van der Waals surface area contributed by atoms with Crippen molar-refractivity contribution in [1.82, 2.24) is 9.78 Å². The van der Waals surface area contributed by atoms with Crippen LogP contribution in [0.4, 0.5) is 13.2 Å². The predicted molar refractivity (Wildman–Crippen MR) is 120 cm³/mol. The number of benzene rings is 2. The first-order chi connectivity index (χ1) is 16.1. The largest absolute Gasteiger partial charge is 0.417 e. The monoisotopic (exact) mass is 489 g/mol. The average Bonchev–Trinajstić information content (AvgIpc) is 3.24. The summed E-state index contributed by atoms with van der Waals surface area (Å²) in [4.78, 5) is 26.1. The first kappa shape index (κ1) is 24.0. The maximum Gasteiger partial charge on any atom is 0.417 e. The number of hydrogen-bond acceptors (Lipinski definition) is 5. The Hall–Kier alpha value is -3.11. The van der Waals surface area contributed by atoms with Crippen LogP contribution in [0.3, 0.4) is 0 Å². The Labute approximate surface area is 198 Å². The van der Waals surface area contributed by atoms with Gasteiger partial charge in [0.15, 0.2) is 0 Å². The van der Waals surface area contributed by atoms with Gasteiger partial charge in [0.2, 0.25) is 11.7 Å². The number of halogens is 3. The average molecular weight is 490 g/mol. The van der Waals surface area contributed by atoms with Crippen LogP contribution in [0.15, 0.2) is 64.5 Å². The molecule has 0 radical (unpaired) electrons. The Kier molecular flexibility index (Phi) is 6.55. The lowest BCUT2D eigenvalue weighted by atomic mass is 9.73. The second kappa shape index (κ2) is 9.27. The van der Waals surface area contributed by atoms with Gasteiger partial charge in [-0.25, -0.2) is 0 Å². The molecule has 34 heavy (non-hydrogen) atoms. The van der Waals surface area contributed by atoms with Crippen molar-refractivity contribution in [2.24, 2.45) is 12.8 Å². The molecule has 178 valence electrons. The number of nitrogens with zero attached hydrogens (tertiary/aromatic N) is 2. The minimum atomic E-state index is -4.72. The van der Waals surface area contributed by atoms with Crippen LogP contribution in [0.1, 0.15) is 40.0 Å². The van der Waals surface area contributed by atoms with E-state index in [0.717, 1.165) is 17.8 Å². The molecule has 1 fully saturated rings. The number of hydrogen-bond donors (Lipinski definition) is 1. The van der Waals surface area contributed by atoms with Crippen molar-refractivity contribution in [3.8, 4) is 0 Å². The molecule has 10 heteroatoms. The molecule has 6 nitrogen and oxygen atoms in total. The summed E-state index contributed by atoms with van der Waals surface area (Å²) in [5.41, 5.74) is 4.19. The van der Waals surface area contributed by atoms with Gasteiger partial charge in [-0.3, -0.25) is 14.3 Å². The molecule has 0 spiro atoms. The van der Waals surface area contributed by atoms with Crippen molar-refractivity contribution >= 4 is 23.5 Å². The highest BCUT2D eigenvalue weighted by Crippen LogP contribution is 2.40. The summed E-state index contributed by atoms with van der Waals surface area (Å²) in [5.74, 6) is -1.20. The molecule has 1 amide bonds. The van der Waals surface area contributed by atoms with E-state index < -0.39 is 34.4 Å². The minimum Gasteiger partial charge on any atom is -0.381 e. The number of aryl methyl sites for hydroxylation is 1. The summed E-state index contributed by atoms with van der Waals surface area (Å²) in [7, 11) is 1.50. The number of carbonyl (C=O) groups excluding carboxylic acids is 2. The molecular formula is C24H22F3N3O3S. The van der Waals surface area contributed by atoms with Crippen LogP contribution in [-0.4, -0.2) is 34.7 Å². The molecular weight excluding hydrogens is 467 g/mol. The SMILES string of the molecule is Cn1nccc1C(=O)c1ccc(Sc2cccc(C3(C(N)=O)CCOCC3)c2)cc1C(F)(F)F. The lowest BCUT2D eigenvalue weighted by Gasteiger charge is -2.34. The number of primary amides is 1. The first-order valence-electron chi connectivity index (χ1n) is 10.5. The smallest absolute Gasteiger partial charge is 0.381 e. The number of alkyl halides is 3. The van der Waals surface area contributed by atoms with Crippen molar-refractivity contribution in [2.45, 2.75) is 34.2 Å². The molecule has 0 saturated carbocycles. The van der Waals surface area contributed by atoms with E-state index in [4.69, 9.17) is 10.5 Å². The zero-order valence-corrected chi connectivity index (χ0v) is 19.1. The van der Waals surface area contributed by atoms with Crippen molar-refractivity contribution in [3.63, 3.8) is 0 Å². The second-order valence-corrected chi connectivity index (χ2v) is 9.21. The van der Waals surface area contributed by atoms with Gasteiger partial charge in [-0.05, 0) is 54.8 Å². The number of nitrogens with two attached hydrogens (primary N) is 1. The standard InChI is InChI=1S/C24H22F3N3O3S/c1-30-20(7-10-29-30)21(31)18-6-5-17(14-19(18)24(25,26)27)34-16-4-2-3-15(13-16)23(22(28)32)8-11-33-12-9-23/h2-7,10,13-14H,8-9,11-12H2,1H3,(H2,28,32). The summed E-state index contributed by atoms with van der Waals surface area (Å²) < 4.78 is 48.2. The van der Waals surface area contributed by atoms with Gasteiger partial charge in [-0.1, -0.05) is 23.9 Å². The molecule has 0 unspecified atom stereocenters. The van der Waals surface area contributed by atoms with Crippen molar-refractivity contribution < 1.29 is 27.5 Å². The quantitative estimate of drug-likeness (QED) is 0.520. The molecule has 0 aliphatic carbocycles. The summed E-state index contributed by atoms with van der Waals surface area (Å²) in [5, 5.41) is 3.86. The molecule has 2 heterocycles. The topological polar surface area (TPSA) is 87.2 Å². The van der Waals surface area contributed by atoms with Crippen molar-refractivity contribution in [3.05, 3.63) is 77.1 Å². The van der Waals surface area contributed by atoms with Crippen LogP contribution in [0.25, 0.3) is 0 Å². The fourth-order valence-corrected chi connectivity index (χ4v) is 5.06. The van der Waals surface area contributed by atoms with E-state index in [1.807, 2.05) is 0 Å². The van der Waals surface area contributed by atoms with Gasteiger partial charge in [-0.2, -0.15) is 18.3 Å². The van der Waals surface area contributed by atoms with Crippen LogP contribution < -0.4 is 5.73 Å². The maximum atomic E-state index is 13.9. The maximum absolute atomic E-state index is 13.9. The molecule has 1 aromatic heterocycles. The van der Waals surface area contributed by atoms with E-state index >= 15 is 0 Å². The van der Waals surface area contributed by atoms with E-state index in [9.17, 15) is 22.8 Å². The Balaban J connectivity index is 1.68. The van der Waals surface area contributed by atoms with Crippen LogP contribution in [0.2, 0.25) is 0 Å². The molecule has 2 N–H and O–H groups in total. The zero-order valence-electron chi connectivity index (χ0n) is 18.3. The molecule has 1 aliphatic rings. The Morgan fingerprint density at radius 2 is 1.79 bits per heavy atom. The van der Waals surface area contributed by atoms with Crippen molar-refractivity contribution in [1.29, 1.82) is 0 Å². The number of rotatable bonds is 6. The van der Waals surface area contributed by atoms with E-state index in [1.165, 1.54) is 36.1 Å². The van der Waals surface area contributed by atoms with Crippen LogP contribution in [-0.2, 0) is 28.2 Å². The third kappa shape index (κ3) is 4.60. The molecule has 0 atom stereocenters. The van der Waals surface area contributed by atoms with Gasteiger partial charge in [0.05, 0.1) is 11.0 Å². The van der Waals surface area contributed by atoms with Gasteiger partial charge in [0.1, 0.15) is 5.69 Å². The van der Waals surface area contributed by atoms with Crippen LogP contribution >= 0.6 is 11.8 Å². The number of carbonyl (C=O) groups is 2. The Morgan fingerprint density at radius 3 is 2.41 bits per heavy atom. The number of ether oxygens (including phenoxy) is 1. The fourth-order valence-electron chi connectivity index (χ4n) is 4.14. The Bertz CT molecular complexity index is 1230. The minimum absolute atomic E-state index is 0.0619. The zero-order chi connectivity index (χ0) is 24.5. The lowest BCUT2D eigenvalue weighted by Crippen LogP contribution is -2.45. The van der Waals surface area contributed by atoms with Gasteiger partial charge >= 0.3 is 6.18 Å². The van der Waals surface area contributed by atoms with Crippen molar-refractivity contribution in [2.75, 3.05) is 13.2 Å². The predicted octanol–water partition coefficient (Wildman–Crippen LogP) is 4.35. The third-order valence-corrected chi connectivity index (χ3v) is 7.01. The second-order valence-electron chi connectivity index (χ2n) is 8.06. The van der Waals surface area contributed by atoms with E-state index in [0.29, 0.717) is 41.4 Å². The highest BCUT2D eigenvalue weighted by Gasteiger charge is 2.40.